The molecule has 1 atom stereocenters. The normalized spacial score (nSPS) is 24.2. The molecular weight excluding hydrogens is 174 g/mol. The van der Waals surface area contributed by atoms with Crippen LogP contribution >= 0.6 is 11.6 Å². The summed E-state index contributed by atoms with van der Waals surface area (Å²) in [5, 5.41) is 3.74. The van der Waals surface area contributed by atoms with Crippen LogP contribution in [0, 0.1) is 5.41 Å². The van der Waals surface area contributed by atoms with Gasteiger partial charge in [-0.2, -0.15) is 0 Å². The number of hydrogen-bond acceptors (Lipinski definition) is 3. The zero-order valence-corrected chi connectivity index (χ0v) is 8.31. The molecule has 1 aliphatic heterocycles. The van der Waals surface area contributed by atoms with E-state index in [1.54, 1.807) is 6.20 Å². The molecule has 0 radical (unpaired) electrons. The maximum Gasteiger partial charge on any atom is 0.193 e. The highest BCUT2D eigenvalue weighted by molar-refractivity contribution is 6.30. The largest absolute Gasteiger partial charge is 0.370 e. The molecule has 1 unspecified atom stereocenters. The van der Waals surface area contributed by atoms with Crippen LogP contribution in [0.5, 0.6) is 0 Å². The second kappa shape index (κ2) is 2.98. The van der Waals surface area contributed by atoms with Crippen molar-refractivity contribution in [3.05, 3.63) is 11.2 Å². The molecule has 12 heavy (non-hydrogen) atoms. The number of halogens is 1. The fourth-order valence-electron chi connectivity index (χ4n) is 1.09. The van der Waals surface area contributed by atoms with Crippen LogP contribution in [-0.4, -0.2) is 12.0 Å². The predicted molar refractivity (Wildman–Crippen MR) is 51.9 cm³/mol. The van der Waals surface area contributed by atoms with E-state index in [4.69, 9.17) is 17.3 Å². The van der Waals surface area contributed by atoms with Crippen LogP contribution in [0.15, 0.2) is 16.2 Å². The van der Waals surface area contributed by atoms with Crippen molar-refractivity contribution in [3.63, 3.8) is 0 Å². The molecule has 4 heteroatoms. The molecule has 0 bridgehead atoms. The van der Waals surface area contributed by atoms with Crippen LogP contribution < -0.4 is 11.1 Å². The highest BCUT2D eigenvalue weighted by Crippen LogP contribution is 2.28. The summed E-state index contributed by atoms with van der Waals surface area (Å²) < 4.78 is 0. The standard InChI is InChI=1S/C8H14ClN3/c1-8(2,3)6-5(9)4-11-7(10)12-6/h4,6H,1-3H3,(H3,10,11,12). The molecule has 1 aliphatic rings. The molecule has 0 aromatic carbocycles. The number of rotatable bonds is 0. The molecule has 0 fully saturated rings. The minimum absolute atomic E-state index is 0.0497. The SMILES string of the molecule is CC(C)(C)C1NC(N)=NC=C1Cl. The average molecular weight is 188 g/mol. The predicted octanol–water partition coefficient (Wildman–Crippen LogP) is 1.40. The molecule has 68 valence electrons. The van der Waals surface area contributed by atoms with E-state index in [-0.39, 0.29) is 11.5 Å². The van der Waals surface area contributed by atoms with Gasteiger partial charge in [-0.3, -0.25) is 0 Å². The third kappa shape index (κ3) is 1.91. The van der Waals surface area contributed by atoms with Gasteiger partial charge >= 0.3 is 0 Å². The van der Waals surface area contributed by atoms with Gasteiger partial charge in [-0.05, 0) is 5.41 Å². The van der Waals surface area contributed by atoms with Gasteiger partial charge in [0.05, 0.1) is 11.1 Å². The fourth-order valence-corrected chi connectivity index (χ4v) is 1.52. The van der Waals surface area contributed by atoms with E-state index in [0.29, 0.717) is 11.0 Å². The zero-order valence-electron chi connectivity index (χ0n) is 7.56. The first-order valence-electron chi connectivity index (χ1n) is 3.86. The topological polar surface area (TPSA) is 50.4 Å². The Morgan fingerprint density at radius 3 is 2.58 bits per heavy atom. The van der Waals surface area contributed by atoms with Crippen LogP contribution in [-0.2, 0) is 0 Å². The van der Waals surface area contributed by atoms with Crippen molar-refractivity contribution in [2.45, 2.75) is 26.8 Å². The van der Waals surface area contributed by atoms with Crippen LogP contribution in [0.25, 0.3) is 0 Å². The molecule has 0 amide bonds. The summed E-state index contributed by atoms with van der Waals surface area (Å²) in [6.07, 6.45) is 1.60. The lowest BCUT2D eigenvalue weighted by Gasteiger charge is -2.32. The van der Waals surface area contributed by atoms with Gasteiger partial charge in [0.25, 0.3) is 0 Å². The molecular formula is C8H14ClN3. The molecule has 0 aromatic heterocycles. The Balaban J connectivity index is 2.84. The summed E-state index contributed by atoms with van der Waals surface area (Å²) in [4.78, 5) is 3.86. The Hall–Kier alpha value is -0.700. The lowest BCUT2D eigenvalue weighted by Crippen LogP contribution is -2.48. The van der Waals surface area contributed by atoms with E-state index >= 15 is 0 Å². The van der Waals surface area contributed by atoms with Gasteiger partial charge in [-0.1, -0.05) is 32.4 Å². The Labute approximate surface area is 77.7 Å². The van der Waals surface area contributed by atoms with Gasteiger partial charge in [-0.15, -0.1) is 0 Å². The van der Waals surface area contributed by atoms with Crippen molar-refractivity contribution >= 4 is 17.6 Å². The second-order valence-corrected chi connectivity index (χ2v) is 4.41. The van der Waals surface area contributed by atoms with Crippen molar-refractivity contribution in [2.24, 2.45) is 16.1 Å². The molecule has 0 spiro atoms. The summed E-state index contributed by atoms with van der Waals surface area (Å²) >= 11 is 5.97. The Bertz CT molecular complexity index is 237. The van der Waals surface area contributed by atoms with Crippen molar-refractivity contribution in [2.75, 3.05) is 0 Å². The van der Waals surface area contributed by atoms with Crippen LogP contribution in [0.3, 0.4) is 0 Å². The van der Waals surface area contributed by atoms with E-state index in [2.05, 4.69) is 31.1 Å². The van der Waals surface area contributed by atoms with Crippen LogP contribution in [0.2, 0.25) is 0 Å². The molecule has 0 aliphatic carbocycles. The average Bonchev–Trinajstić information content (AvgIpc) is 1.92. The van der Waals surface area contributed by atoms with E-state index in [0.717, 1.165) is 0 Å². The van der Waals surface area contributed by atoms with E-state index in [1.807, 2.05) is 0 Å². The monoisotopic (exact) mass is 187 g/mol. The maximum absolute atomic E-state index is 5.97. The molecule has 1 rings (SSSR count). The first kappa shape index (κ1) is 9.39. The first-order valence-corrected chi connectivity index (χ1v) is 4.24. The number of nitrogens with zero attached hydrogens (tertiary/aromatic N) is 1. The summed E-state index contributed by atoms with van der Waals surface area (Å²) in [5.74, 6) is 0.430. The first-order chi connectivity index (χ1) is 5.41. The minimum atomic E-state index is 0.0497. The summed E-state index contributed by atoms with van der Waals surface area (Å²) in [7, 11) is 0. The second-order valence-electron chi connectivity index (χ2n) is 3.97. The van der Waals surface area contributed by atoms with Crippen molar-refractivity contribution in [1.29, 1.82) is 0 Å². The number of guanidine groups is 1. The summed E-state index contributed by atoms with van der Waals surface area (Å²) in [6, 6.07) is 0.0664. The van der Waals surface area contributed by atoms with Gasteiger partial charge < -0.3 is 11.1 Å². The summed E-state index contributed by atoms with van der Waals surface area (Å²) in [5.41, 5.74) is 5.57. The number of aliphatic imine (C=N–C) groups is 1. The highest BCUT2D eigenvalue weighted by Gasteiger charge is 2.29. The molecule has 3 nitrogen and oxygen atoms in total. The smallest absolute Gasteiger partial charge is 0.193 e. The molecule has 0 saturated carbocycles. The quantitative estimate of drug-likeness (QED) is 0.603. The minimum Gasteiger partial charge on any atom is -0.370 e. The third-order valence-electron chi connectivity index (χ3n) is 1.76. The Morgan fingerprint density at radius 1 is 1.58 bits per heavy atom. The molecule has 0 aromatic rings. The lowest BCUT2D eigenvalue weighted by molar-refractivity contribution is 0.336. The molecule has 3 N–H and O–H groups in total. The molecule has 1 heterocycles. The van der Waals surface area contributed by atoms with Crippen molar-refractivity contribution < 1.29 is 0 Å². The Morgan fingerprint density at radius 2 is 2.17 bits per heavy atom. The molecule has 0 saturated heterocycles. The Kier molecular flexibility index (Phi) is 2.33. The van der Waals surface area contributed by atoms with Crippen LogP contribution in [0.1, 0.15) is 20.8 Å². The van der Waals surface area contributed by atoms with Gasteiger partial charge in [0.2, 0.25) is 0 Å². The number of nitrogens with two attached hydrogens (primary N) is 1. The lowest BCUT2D eigenvalue weighted by atomic mass is 9.86. The number of nitrogens with one attached hydrogen (secondary N) is 1. The van der Waals surface area contributed by atoms with Gasteiger partial charge in [0.15, 0.2) is 5.96 Å². The van der Waals surface area contributed by atoms with Crippen molar-refractivity contribution in [3.8, 4) is 0 Å². The van der Waals surface area contributed by atoms with E-state index in [9.17, 15) is 0 Å². The van der Waals surface area contributed by atoms with E-state index in [1.165, 1.54) is 0 Å². The van der Waals surface area contributed by atoms with Gasteiger partial charge in [0.1, 0.15) is 0 Å². The van der Waals surface area contributed by atoms with Gasteiger partial charge in [0, 0.05) is 6.20 Å². The number of hydrogen-bond donors (Lipinski definition) is 2. The maximum atomic E-state index is 5.97. The van der Waals surface area contributed by atoms with E-state index < -0.39 is 0 Å². The third-order valence-corrected chi connectivity index (χ3v) is 2.08. The van der Waals surface area contributed by atoms with Crippen LogP contribution in [0.4, 0.5) is 0 Å². The highest BCUT2D eigenvalue weighted by atomic mass is 35.5. The fraction of sp³-hybridized carbons (Fsp3) is 0.625. The zero-order chi connectivity index (χ0) is 9.35. The van der Waals surface area contributed by atoms with Gasteiger partial charge in [-0.25, -0.2) is 4.99 Å². The van der Waals surface area contributed by atoms with Crippen molar-refractivity contribution in [1.82, 2.24) is 5.32 Å². The summed E-state index contributed by atoms with van der Waals surface area (Å²) in [6.45, 7) is 6.29.